The number of hydrogen-bond donors (Lipinski definition) is 0. The molecular formula is C19H25F13O. The fraction of sp³-hybridized carbons (Fsp3) is 0.895. The van der Waals surface area contributed by atoms with Crippen LogP contribution in [0.1, 0.15) is 64.7 Å². The maximum Gasteiger partial charge on any atom is 0.460 e. The van der Waals surface area contributed by atoms with Crippen LogP contribution >= 0.6 is 0 Å². The zero-order valence-electron chi connectivity index (χ0n) is 17.5. The highest BCUT2D eigenvalue weighted by Crippen LogP contribution is 2.60. The summed E-state index contributed by atoms with van der Waals surface area (Å²) in [6, 6.07) is 0. The van der Waals surface area contributed by atoms with E-state index in [0.29, 0.717) is 12.8 Å². The van der Waals surface area contributed by atoms with Gasteiger partial charge in [-0.05, 0) is 18.9 Å². The minimum Gasteiger partial charge on any atom is -0.501 e. The zero-order valence-corrected chi connectivity index (χ0v) is 17.5. The van der Waals surface area contributed by atoms with E-state index in [4.69, 9.17) is 0 Å². The Labute approximate surface area is 182 Å². The van der Waals surface area contributed by atoms with Crippen LogP contribution in [0.3, 0.4) is 0 Å². The predicted octanol–water partition coefficient (Wildman–Crippen LogP) is 8.79. The van der Waals surface area contributed by atoms with Crippen molar-refractivity contribution in [3.63, 3.8) is 0 Å². The lowest BCUT2D eigenvalue weighted by atomic mass is 9.93. The second kappa shape index (κ2) is 11.9. The number of halogens is 13. The molecule has 0 aliphatic heterocycles. The molecule has 198 valence electrons. The van der Waals surface area contributed by atoms with Gasteiger partial charge in [-0.1, -0.05) is 45.4 Å². The molecule has 1 nitrogen and oxygen atoms in total. The highest BCUT2D eigenvalue weighted by Gasteiger charge is 2.90. The maximum absolute atomic E-state index is 13.5. The molecule has 0 aromatic rings. The number of rotatable bonds is 16. The van der Waals surface area contributed by atoms with Gasteiger partial charge in [0.25, 0.3) is 0 Å². The first-order valence-electron chi connectivity index (χ1n) is 10.0. The summed E-state index contributed by atoms with van der Waals surface area (Å²) >= 11 is 0. The lowest BCUT2D eigenvalue weighted by Gasteiger charge is -2.39. The zero-order chi connectivity index (χ0) is 26.2. The molecule has 0 unspecified atom stereocenters. The lowest BCUT2D eigenvalue weighted by molar-refractivity contribution is -0.440. The van der Waals surface area contributed by atoms with Crippen LogP contribution in [0, 0.1) is 0 Å². The summed E-state index contributed by atoms with van der Waals surface area (Å²) < 4.78 is 173. The van der Waals surface area contributed by atoms with Crippen molar-refractivity contribution in [3.8, 4) is 0 Å². The van der Waals surface area contributed by atoms with Crippen LogP contribution in [0.15, 0.2) is 12.3 Å². The van der Waals surface area contributed by atoms with Crippen molar-refractivity contribution in [1.29, 1.82) is 0 Å². The van der Waals surface area contributed by atoms with Crippen LogP contribution in [0.2, 0.25) is 0 Å². The second-order valence-electron chi connectivity index (χ2n) is 7.40. The van der Waals surface area contributed by atoms with E-state index in [1.165, 1.54) is 6.08 Å². The molecule has 14 heteroatoms. The van der Waals surface area contributed by atoms with Gasteiger partial charge in [0.2, 0.25) is 0 Å². The first kappa shape index (κ1) is 31.6. The van der Waals surface area contributed by atoms with Crippen molar-refractivity contribution >= 4 is 0 Å². The van der Waals surface area contributed by atoms with E-state index in [1.54, 1.807) is 0 Å². The lowest BCUT2D eigenvalue weighted by Crippen LogP contribution is -2.70. The smallest absolute Gasteiger partial charge is 0.460 e. The molecule has 0 amide bonds. The molecule has 0 fully saturated rings. The summed E-state index contributed by atoms with van der Waals surface area (Å²) in [5.41, 5.74) is 0. The van der Waals surface area contributed by atoms with Crippen molar-refractivity contribution < 1.29 is 61.8 Å². The average Bonchev–Trinajstić information content (AvgIpc) is 2.67. The van der Waals surface area contributed by atoms with Gasteiger partial charge < -0.3 is 4.74 Å². The Hall–Kier alpha value is -1.37. The van der Waals surface area contributed by atoms with Crippen LogP contribution in [0.4, 0.5) is 57.1 Å². The molecule has 0 aliphatic rings. The molecular weight excluding hydrogens is 491 g/mol. The Balaban J connectivity index is 4.87. The molecule has 0 spiro atoms. The molecule has 0 rings (SSSR count). The summed E-state index contributed by atoms with van der Waals surface area (Å²) in [6.07, 6.45) is -0.553. The summed E-state index contributed by atoms with van der Waals surface area (Å²) in [7, 11) is 0. The summed E-state index contributed by atoms with van der Waals surface area (Å²) in [4.78, 5) is 0. The molecule has 0 heterocycles. The van der Waals surface area contributed by atoms with Gasteiger partial charge in [0.1, 0.15) is 0 Å². The minimum atomic E-state index is -7.87. The highest BCUT2D eigenvalue weighted by atomic mass is 19.4. The summed E-state index contributed by atoms with van der Waals surface area (Å²) in [5.74, 6) is -36.7. The molecule has 0 aromatic carbocycles. The number of unbranched alkanes of at least 4 members (excludes halogenated alkanes) is 7. The second-order valence-corrected chi connectivity index (χ2v) is 7.40. The van der Waals surface area contributed by atoms with E-state index < -0.39 is 48.8 Å². The summed E-state index contributed by atoms with van der Waals surface area (Å²) in [6.45, 7) is 0.627. The Bertz CT molecular complexity index is 597. The van der Waals surface area contributed by atoms with Crippen LogP contribution in [-0.2, 0) is 4.74 Å². The van der Waals surface area contributed by atoms with Crippen LogP contribution in [-0.4, -0.2) is 42.4 Å². The van der Waals surface area contributed by atoms with Crippen molar-refractivity contribution in [2.45, 2.75) is 101 Å². The third-order valence-corrected chi connectivity index (χ3v) is 4.70. The normalized spacial score (nSPS) is 14.8. The highest BCUT2D eigenvalue weighted by molar-refractivity contribution is 5.10. The fourth-order valence-electron chi connectivity index (χ4n) is 2.57. The number of alkyl halides is 13. The Morgan fingerprint density at radius 1 is 0.576 bits per heavy atom. The van der Waals surface area contributed by atoms with Gasteiger partial charge in [0.05, 0.1) is 19.3 Å². The third kappa shape index (κ3) is 7.30. The van der Waals surface area contributed by atoms with E-state index >= 15 is 0 Å². The molecule has 0 atom stereocenters. The first-order valence-corrected chi connectivity index (χ1v) is 10.0. The molecule has 0 bridgehead atoms. The van der Waals surface area contributed by atoms with Crippen LogP contribution in [0.5, 0.6) is 0 Å². The maximum atomic E-state index is 13.5. The minimum absolute atomic E-state index is 0.400. The quantitative estimate of drug-likeness (QED) is 0.113. The van der Waals surface area contributed by atoms with Crippen LogP contribution < -0.4 is 0 Å². The van der Waals surface area contributed by atoms with Gasteiger partial charge in [-0.25, -0.2) is 0 Å². The Morgan fingerprint density at radius 2 is 1.03 bits per heavy atom. The van der Waals surface area contributed by atoms with Crippen molar-refractivity contribution in [1.82, 2.24) is 0 Å². The van der Waals surface area contributed by atoms with Gasteiger partial charge in [0.15, 0.2) is 0 Å². The Kier molecular flexibility index (Phi) is 11.4. The Morgan fingerprint density at radius 3 is 1.52 bits per heavy atom. The van der Waals surface area contributed by atoms with E-state index in [9.17, 15) is 57.1 Å². The fourth-order valence-corrected chi connectivity index (χ4v) is 2.57. The third-order valence-electron chi connectivity index (χ3n) is 4.70. The number of hydrogen-bond acceptors (Lipinski definition) is 1. The molecule has 0 aromatic heterocycles. The van der Waals surface area contributed by atoms with E-state index in [1.807, 2.05) is 0 Å². The number of ether oxygens (including phenoxy) is 1. The molecule has 0 radical (unpaired) electrons. The molecule has 0 saturated carbocycles. The van der Waals surface area contributed by atoms with Gasteiger partial charge >= 0.3 is 35.8 Å². The van der Waals surface area contributed by atoms with Crippen molar-refractivity contribution in [2.75, 3.05) is 6.61 Å². The monoisotopic (exact) mass is 516 g/mol. The van der Waals surface area contributed by atoms with Gasteiger partial charge in [-0.3, -0.25) is 0 Å². The first-order chi connectivity index (χ1) is 14.8. The standard InChI is InChI=1S/C19H25F13O/c1-2-3-4-5-6-7-8-9-10-12-33-13-11-14(20,21)15(22,23)16(24,25)17(26,27)18(28,29)19(30,31)32/h10,12H,2-9,11,13H2,1H3/b12-10+. The van der Waals surface area contributed by atoms with E-state index in [2.05, 4.69) is 11.7 Å². The average molecular weight is 516 g/mol. The van der Waals surface area contributed by atoms with Crippen LogP contribution in [0.25, 0.3) is 0 Å². The molecule has 0 saturated heterocycles. The van der Waals surface area contributed by atoms with Crippen molar-refractivity contribution in [2.24, 2.45) is 0 Å². The largest absolute Gasteiger partial charge is 0.501 e. The van der Waals surface area contributed by atoms with Gasteiger partial charge in [-0.2, -0.15) is 57.1 Å². The SMILES string of the molecule is CCCCCCCCC/C=C/OCCC(F)(F)C(F)(F)C(F)(F)C(F)(F)C(F)(F)C(F)(F)F. The number of allylic oxidation sites excluding steroid dienone is 1. The van der Waals surface area contributed by atoms with Gasteiger partial charge in [-0.15, -0.1) is 0 Å². The van der Waals surface area contributed by atoms with Gasteiger partial charge in [0, 0.05) is 0 Å². The molecule has 33 heavy (non-hydrogen) atoms. The molecule has 0 N–H and O–H groups in total. The van der Waals surface area contributed by atoms with Crippen molar-refractivity contribution in [3.05, 3.63) is 12.3 Å². The summed E-state index contributed by atoms with van der Waals surface area (Å²) in [5, 5.41) is 0. The van der Waals surface area contributed by atoms with E-state index in [0.717, 1.165) is 44.8 Å². The van der Waals surface area contributed by atoms with E-state index in [-0.39, 0.29) is 0 Å². The predicted molar refractivity (Wildman–Crippen MR) is 93.1 cm³/mol. The molecule has 0 aliphatic carbocycles. The topological polar surface area (TPSA) is 9.23 Å².